The summed E-state index contributed by atoms with van der Waals surface area (Å²) in [5.74, 6) is 0.865. The van der Waals surface area contributed by atoms with Crippen LogP contribution in [0.25, 0.3) is 0 Å². The zero-order chi connectivity index (χ0) is 14.5. The molecule has 0 aliphatic carbocycles. The van der Waals surface area contributed by atoms with Crippen molar-refractivity contribution in [2.24, 2.45) is 0 Å². The number of hydrogen-bond donors (Lipinski definition) is 1. The Bertz CT molecular complexity index is 563. The van der Waals surface area contributed by atoms with Gasteiger partial charge in [-0.15, -0.1) is 0 Å². The number of aliphatic hydroxyl groups excluding tert-OH is 1. The van der Waals surface area contributed by atoms with Gasteiger partial charge in [0.05, 0.1) is 6.10 Å². The molecule has 0 saturated carbocycles. The fourth-order valence-electron chi connectivity index (χ4n) is 2.40. The molecule has 0 saturated heterocycles. The minimum Gasteiger partial charge on any atom is -0.392 e. The lowest BCUT2D eigenvalue weighted by Gasteiger charge is -2.13. The average Bonchev–Trinajstić information content (AvgIpc) is 2.82. The molecule has 0 spiro atoms. The third-order valence-electron chi connectivity index (χ3n) is 3.51. The van der Waals surface area contributed by atoms with E-state index in [1.54, 1.807) is 6.33 Å². The molecule has 0 aliphatic heterocycles. The van der Waals surface area contributed by atoms with Crippen LogP contribution in [0.1, 0.15) is 35.9 Å². The third-order valence-corrected chi connectivity index (χ3v) is 3.51. The predicted molar refractivity (Wildman–Crippen MR) is 79.6 cm³/mol. The van der Waals surface area contributed by atoms with Crippen molar-refractivity contribution < 1.29 is 5.11 Å². The number of aryl methyl sites for hydroxylation is 3. The van der Waals surface area contributed by atoms with E-state index >= 15 is 0 Å². The highest BCUT2D eigenvalue weighted by molar-refractivity contribution is 5.31. The predicted octanol–water partition coefficient (Wildman–Crippen LogP) is 2.45. The Hall–Kier alpha value is -1.68. The maximum absolute atomic E-state index is 10.3. The van der Waals surface area contributed by atoms with Gasteiger partial charge in [0.15, 0.2) is 0 Å². The average molecular weight is 273 g/mol. The van der Waals surface area contributed by atoms with Crippen molar-refractivity contribution in [2.75, 3.05) is 0 Å². The molecule has 2 aromatic rings. The molecule has 1 unspecified atom stereocenters. The van der Waals surface area contributed by atoms with Gasteiger partial charge in [-0.25, -0.2) is 4.98 Å². The maximum Gasteiger partial charge on any atom is 0.138 e. The molecule has 1 heterocycles. The fraction of sp³-hybridized carbons (Fsp3) is 0.500. The molecule has 0 aliphatic rings. The van der Waals surface area contributed by atoms with Crippen molar-refractivity contribution >= 4 is 0 Å². The van der Waals surface area contributed by atoms with E-state index in [9.17, 15) is 5.11 Å². The summed E-state index contributed by atoms with van der Waals surface area (Å²) in [7, 11) is 0. The summed E-state index contributed by atoms with van der Waals surface area (Å²) in [6.07, 6.45) is 3.37. The van der Waals surface area contributed by atoms with E-state index in [1.165, 1.54) is 16.7 Å². The monoisotopic (exact) mass is 273 g/mol. The highest BCUT2D eigenvalue weighted by Crippen LogP contribution is 2.14. The van der Waals surface area contributed by atoms with Crippen LogP contribution in [0.2, 0.25) is 0 Å². The van der Waals surface area contributed by atoms with Gasteiger partial charge in [-0.1, -0.05) is 30.7 Å². The molecule has 4 nitrogen and oxygen atoms in total. The van der Waals surface area contributed by atoms with Crippen LogP contribution < -0.4 is 0 Å². The molecular weight excluding hydrogens is 250 g/mol. The molecule has 0 fully saturated rings. The molecule has 4 heteroatoms. The first-order chi connectivity index (χ1) is 9.60. The summed E-state index contributed by atoms with van der Waals surface area (Å²) in [6.45, 7) is 7.12. The van der Waals surface area contributed by atoms with Crippen LogP contribution in [0.4, 0.5) is 0 Å². The minimum absolute atomic E-state index is 0.421. The van der Waals surface area contributed by atoms with Crippen LogP contribution in [0.5, 0.6) is 0 Å². The van der Waals surface area contributed by atoms with Crippen LogP contribution in [-0.4, -0.2) is 26.0 Å². The quantitative estimate of drug-likeness (QED) is 0.879. The number of aromatic nitrogens is 3. The fourth-order valence-corrected chi connectivity index (χ4v) is 2.40. The molecule has 0 bridgehead atoms. The Kier molecular flexibility index (Phi) is 4.90. The molecule has 1 aromatic heterocycles. The Morgan fingerprint density at radius 1 is 1.25 bits per heavy atom. The molecular formula is C16H23N3O. The molecule has 20 heavy (non-hydrogen) atoms. The van der Waals surface area contributed by atoms with E-state index < -0.39 is 6.10 Å². The molecule has 2 rings (SSSR count). The van der Waals surface area contributed by atoms with Crippen molar-refractivity contribution in [1.29, 1.82) is 0 Å². The van der Waals surface area contributed by atoms with E-state index in [4.69, 9.17) is 0 Å². The smallest absolute Gasteiger partial charge is 0.138 e. The summed E-state index contributed by atoms with van der Waals surface area (Å²) in [4.78, 5) is 4.25. The Labute approximate surface area is 120 Å². The lowest BCUT2D eigenvalue weighted by Crippen LogP contribution is -2.18. The number of aliphatic hydroxyl groups is 1. The highest BCUT2D eigenvalue weighted by atomic mass is 16.3. The van der Waals surface area contributed by atoms with Gasteiger partial charge in [0, 0.05) is 13.0 Å². The van der Waals surface area contributed by atoms with Gasteiger partial charge in [-0.05, 0) is 37.8 Å². The first-order valence-corrected chi connectivity index (χ1v) is 7.21. The summed E-state index contributed by atoms with van der Waals surface area (Å²) >= 11 is 0. The Morgan fingerprint density at radius 2 is 2.05 bits per heavy atom. The second-order valence-electron chi connectivity index (χ2n) is 5.39. The number of benzene rings is 1. The van der Waals surface area contributed by atoms with E-state index in [2.05, 4.69) is 49.1 Å². The van der Waals surface area contributed by atoms with Crippen LogP contribution in [0.3, 0.4) is 0 Å². The van der Waals surface area contributed by atoms with Crippen molar-refractivity contribution in [1.82, 2.24) is 14.8 Å². The van der Waals surface area contributed by atoms with Crippen LogP contribution in [0.15, 0.2) is 24.5 Å². The zero-order valence-electron chi connectivity index (χ0n) is 12.5. The number of nitrogens with zero attached hydrogens (tertiary/aromatic N) is 3. The first-order valence-electron chi connectivity index (χ1n) is 7.21. The minimum atomic E-state index is -0.421. The molecule has 0 amide bonds. The molecule has 1 N–H and O–H groups in total. The lowest BCUT2D eigenvalue weighted by atomic mass is 9.99. The summed E-state index contributed by atoms with van der Waals surface area (Å²) in [5.41, 5.74) is 3.66. The van der Waals surface area contributed by atoms with Gasteiger partial charge in [0.25, 0.3) is 0 Å². The number of hydrogen-bond acceptors (Lipinski definition) is 3. The SMILES string of the molecule is CCCn1ncnc1CC(O)Cc1cc(C)ccc1C. The van der Waals surface area contributed by atoms with E-state index in [-0.39, 0.29) is 0 Å². The van der Waals surface area contributed by atoms with E-state index in [0.29, 0.717) is 12.8 Å². The molecule has 1 atom stereocenters. The lowest BCUT2D eigenvalue weighted by molar-refractivity contribution is 0.171. The Balaban J connectivity index is 2.03. The molecule has 1 aromatic carbocycles. The standard InChI is InChI=1S/C16H23N3O/c1-4-7-19-16(17-11-18-19)10-15(20)9-14-8-12(2)5-6-13(14)3/h5-6,8,11,15,20H,4,7,9-10H2,1-3H3. The van der Waals surface area contributed by atoms with Crippen molar-refractivity contribution in [3.8, 4) is 0 Å². The van der Waals surface area contributed by atoms with Gasteiger partial charge < -0.3 is 5.11 Å². The van der Waals surface area contributed by atoms with Crippen molar-refractivity contribution in [3.05, 3.63) is 47.0 Å². The first kappa shape index (κ1) is 14.7. The van der Waals surface area contributed by atoms with Crippen LogP contribution >= 0.6 is 0 Å². The zero-order valence-corrected chi connectivity index (χ0v) is 12.5. The second kappa shape index (κ2) is 6.66. The molecule has 108 valence electrons. The molecule has 0 radical (unpaired) electrons. The van der Waals surface area contributed by atoms with Gasteiger partial charge in [-0.2, -0.15) is 5.10 Å². The van der Waals surface area contributed by atoms with E-state index in [0.717, 1.165) is 18.8 Å². The second-order valence-corrected chi connectivity index (χ2v) is 5.39. The number of rotatable bonds is 6. The van der Waals surface area contributed by atoms with Crippen molar-refractivity contribution in [3.63, 3.8) is 0 Å². The van der Waals surface area contributed by atoms with Crippen LogP contribution in [-0.2, 0) is 19.4 Å². The van der Waals surface area contributed by atoms with Gasteiger partial charge >= 0.3 is 0 Å². The highest BCUT2D eigenvalue weighted by Gasteiger charge is 2.13. The van der Waals surface area contributed by atoms with Crippen LogP contribution in [0, 0.1) is 13.8 Å². The normalized spacial score (nSPS) is 12.6. The maximum atomic E-state index is 10.3. The van der Waals surface area contributed by atoms with Gasteiger partial charge in [-0.3, -0.25) is 4.68 Å². The summed E-state index contributed by atoms with van der Waals surface area (Å²) in [5, 5.41) is 14.5. The van der Waals surface area contributed by atoms with Gasteiger partial charge in [0.2, 0.25) is 0 Å². The largest absolute Gasteiger partial charge is 0.392 e. The third kappa shape index (κ3) is 3.67. The summed E-state index contributed by atoms with van der Waals surface area (Å²) < 4.78 is 1.88. The Morgan fingerprint density at radius 3 is 2.80 bits per heavy atom. The van der Waals surface area contributed by atoms with E-state index in [1.807, 2.05) is 4.68 Å². The van der Waals surface area contributed by atoms with Gasteiger partial charge in [0.1, 0.15) is 12.2 Å². The summed E-state index contributed by atoms with van der Waals surface area (Å²) in [6, 6.07) is 6.36. The topological polar surface area (TPSA) is 50.9 Å². The van der Waals surface area contributed by atoms with Crippen molar-refractivity contribution in [2.45, 2.75) is 52.7 Å².